The summed E-state index contributed by atoms with van der Waals surface area (Å²) in [5.41, 5.74) is 5.13. The van der Waals surface area contributed by atoms with Gasteiger partial charge in [-0.05, 0) is 42.7 Å². The van der Waals surface area contributed by atoms with E-state index in [-0.39, 0.29) is 11.7 Å². The number of para-hydroxylation sites is 2. The van der Waals surface area contributed by atoms with Crippen LogP contribution < -0.4 is 5.32 Å². The third-order valence-corrected chi connectivity index (χ3v) is 5.93. The van der Waals surface area contributed by atoms with E-state index in [1.807, 2.05) is 85.1 Å². The molecule has 0 aliphatic carbocycles. The van der Waals surface area contributed by atoms with Crippen LogP contribution in [0.15, 0.2) is 84.0 Å². The Labute approximate surface area is 186 Å². The fourth-order valence-electron chi connectivity index (χ4n) is 3.44. The van der Waals surface area contributed by atoms with E-state index in [0.717, 1.165) is 33.9 Å². The van der Waals surface area contributed by atoms with Gasteiger partial charge in [-0.15, -0.1) is 10.2 Å². The summed E-state index contributed by atoms with van der Waals surface area (Å²) < 4.78 is 2.03. The molecule has 5 nitrogen and oxygen atoms in total. The molecule has 1 N–H and O–H groups in total. The van der Waals surface area contributed by atoms with Gasteiger partial charge in [-0.3, -0.25) is 9.36 Å². The monoisotopic (exact) mass is 428 g/mol. The molecule has 0 aliphatic heterocycles. The van der Waals surface area contributed by atoms with E-state index in [2.05, 4.69) is 27.6 Å². The minimum Gasteiger partial charge on any atom is -0.325 e. The highest BCUT2D eigenvalue weighted by Gasteiger charge is 2.17. The second-order valence-electron chi connectivity index (χ2n) is 7.34. The van der Waals surface area contributed by atoms with Crippen LogP contribution in [0.4, 0.5) is 5.69 Å². The summed E-state index contributed by atoms with van der Waals surface area (Å²) in [6.07, 6.45) is 0.665. The number of hydrogen-bond acceptors (Lipinski definition) is 4. The molecule has 6 heteroatoms. The molecule has 4 rings (SSSR count). The summed E-state index contributed by atoms with van der Waals surface area (Å²) in [6, 6.07) is 26.2. The molecule has 4 aromatic rings. The Balaban J connectivity index is 1.55. The topological polar surface area (TPSA) is 59.8 Å². The number of amides is 1. The molecule has 1 amide bonds. The smallest absolute Gasteiger partial charge is 0.234 e. The van der Waals surface area contributed by atoms with Crippen molar-refractivity contribution in [3.8, 4) is 5.69 Å². The second kappa shape index (κ2) is 9.62. The van der Waals surface area contributed by atoms with Gasteiger partial charge in [0.1, 0.15) is 5.82 Å². The fraction of sp³-hybridized carbons (Fsp3) is 0.160. The zero-order chi connectivity index (χ0) is 21.6. The predicted octanol–water partition coefficient (Wildman–Crippen LogP) is 5.21. The molecule has 1 heterocycles. The third kappa shape index (κ3) is 5.03. The third-order valence-electron chi connectivity index (χ3n) is 5.00. The number of thioether (sulfide) groups is 1. The molecule has 0 saturated heterocycles. The Hall–Kier alpha value is -3.38. The van der Waals surface area contributed by atoms with E-state index in [9.17, 15) is 4.79 Å². The molecule has 1 aromatic heterocycles. The first kappa shape index (κ1) is 20.9. The highest BCUT2D eigenvalue weighted by molar-refractivity contribution is 7.99. The molecule has 0 aliphatic rings. The van der Waals surface area contributed by atoms with Crippen LogP contribution in [-0.2, 0) is 11.2 Å². The van der Waals surface area contributed by atoms with Crippen molar-refractivity contribution in [2.45, 2.75) is 25.4 Å². The maximum absolute atomic E-state index is 12.6. The van der Waals surface area contributed by atoms with E-state index in [1.165, 1.54) is 11.8 Å². The lowest BCUT2D eigenvalue weighted by molar-refractivity contribution is -0.113. The number of carbonyl (C=O) groups is 1. The van der Waals surface area contributed by atoms with E-state index < -0.39 is 0 Å². The summed E-state index contributed by atoms with van der Waals surface area (Å²) in [6.45, 7) is 4.00. The first-order valence-corrected chi connectivity index (χ1v) is 11.1. The number of benzene rings is 3. The minimum atomic E-state index is -0.0605. The van der Waals surface area contributed by atoms with Crippen LogP contribution in [0.5, 0.6) is 0 Å². The number of aromatic nitrogens is 3. The minimum absolute atomic E-state index is 0.0605. The number of nitrogens with one attached hydrogen (secondary N) is 1. The van der Waals surface area contributed by atoms with Crippen LogP contribution in [-0.4, -0.2) is 26.4 Å². The number of aryl methyl sites for hydroxylation is 2. The van der Waals surface area contributed by atoms with Crippen LogP contribution in [0.25, 0.3) is 5.69 Å². The summed E-state index contributed by atoms with van der Waals surface area (Å²) >= 11 is 1.39. The Morgan fingerprint density at radius 1 is 0.871 bits per heavy atom. The first-order chi connectivity index (χ1) is 15.1. The van der Waals surface area contributed by atoms with Crippen molar-refractivity contribution in [2.24, 2.45) is 0 Å². The van der Waals surface area contributed by atoms with E-state index in [4.69, 9.17) is 0 Å². The molecule has 0 radical (unpaired) electrons. The molecule has 156 valence electrons. The molecule has 0 saturated carbocycles. The van der Waals surface area contributed by atoms with Crippen LogP contribution in [0.3, 0.4) is 0 Å². The fourth-order valence-corrected chi connectivity index (χ4v) is 4.21. The van der Waals surface area contributed by atoms with E-state index in [1.54, 1.807) is 0 Å². The van der Waals surface area contributed by atoms with Gasteiger partial charge >= 0.3 is 0 Å². The predicted molar refractivity (Wildman–Crippen MR) is 126 cm³/mol. The maximum Gasteiger partial charge on any atom is 0.234 e. The van der Waals surface area contributed by atoms with Gasteiger partial charge in [0, 0.05) is 17.8 Å². The zero-order valence-electron chi connectivity index (χ0n) is 17.6. The quantitative estimate of drug-likeness (QED) is 0.411. The number of nitrogens with zero attached hydrogens (tertiary/aromatic N) is 3. The van der Waals surface area contributed by atoms with E-state index >= 15 is 0 Å². The Morgan fingerprint density at radius 3 is 2.19 bits per heavy atom. The van der Waals surface area contributed by atoms with Crippen molar-refractivity contribution in [3.63, 3.8) is 0 Å². The summed E-state index contributed by atoms with van der Waals surface area (Å²) in [5, 5.41) is 12.6. The molecular formula is C25H24N4OS. The van der Waals surface area contributed by atoms with Crippen LogP contribution >= 0.6 is 11.8 Å². The van der Waals surface area contributed by atoms with Gasteiger partial charge in [0.2, 0.25) is 5.91 Å². The SMILES string of the molecule is Cc1cccc(C)c1NC(=O)CSc1nnc(Cc2ccccc2)n1-c1ccccc1. The number of hydrogen-bond donors (Lipinski definition) is 1. The number of rotatable bonds is 7. The Kier molecular flexibility index (Phi) is 6.48. The van der Waals surface area contributed by atoms with Gasteiger partial charge < -0.3 is 5.32 Å². The van der Waals surface area contributed by atoms with Crippen molar-refractivity contribution in [1.29, 1.82) is 0 Å². The molecule has 0 fully saturated rings. The summed E-state index contributed by atoms with van der Waals surface area (Å²) in [4.78, 5) is 12.6. The Bertz CT molecular complexity index is 1150. The van der Waals surface area contributed by atoms with Crippen molar-refractivity contribution in [2.75, 3.05) is 11.1 Å². The van der Waals surface area contributed by atoms with Crippen LogP contribution in [0, 0.1) is 13.8 Å². The molecule has 31 heavy (non-hydrogen) atoms. The molecule has 0 unspecified atom stereocenters. The lowest BCUT2D eigenvalue weighted by Crippen LogP contribution is -2.16. The maximum atomic E-state index is 12.6. The average Bonchev–Trinajstić information content (AvgIpc) is 3.18. The highest BCUT2D eigenvalue weighted by atomic mass is 32.2. The van der Waals surface area contributed by atoms with Gasteiger partial charge in [0.25, 0.3) is 0 Å². The van der Waals surface area contributed by atoms with Crippen molar-refractivity contribution in [3.05, 3.63) is 101 Å². The van der Waals surface area contributed by atoms with Gasteiger partial charge in [-0.25, -0.2) is 0 Å². The van der Waals surface area contributed by atoms with Gasteiger partial charge in [-0.1, -0.05) is 78.5 Å². The summed E-state index contributed by atoms with van der Waals surface area (Å²) in [5.74, 6) is 1.04. The van der Waals surface area contributed by atoms with Gasteiger partial charge in [0.15, 0.2) is 5.16 Å². The molecule has 0 bridgehead atoms. The zero-order valence-corrected chi connectivity index (χ0v) is 18.4. The van der Waals surface area contributed by atoms with Crippen molar-refractivity contribution < 1.29 is 4.79 Å². The van der Waals surface area contributed by atoms with Gasteiger partial charge in [0.05, 0.1) is 5.75 Å². The number of carbonyl (C=O) groups excluding carboxylic acids is 1. The van der Waals surface area contributed by atoms with Crippen LogP contribution in [0.2, 0.25) is 0 Å². The lowest BCUT2D eigenvalue weighted by atomic mass is 10.1. The van der Waals surface area contributed by atoms with E-state index in [0.29, 0.717) is 11.6 Å². The second-order valence-corrected chi connectivity index (χ2v) is 8.28. The Morgan fingerprint density at radius 2 is 1.52 bits per heavy atom. The molecule has 3 aromatic carbocycles. The lowest BCUT2D eigenvalue weighted by Gasteiger charge is -2.12. The van der Waals surface area contributed by atoms with Crippen molar-refractivity contribution >= 4 is 23.4 Å². The molecule has 0 atom stereocenters. The molecule has 0 spiro atoms. The molecular weight excluding hydrogens is 404 g/mol. The average molecular weight is 429 g/mol. The highest BCUT2D eigenvalue weighted by Crippen LogP contribution is 2.25. The number of anilines is 1. The first-order valence-electron chi connectivity index (χ1n) is 10.1. The summed E-state index contributed by atoms with van der Waals surface area (Å²) in [7, 11) is 0. The normalized spacial score (nSPS) is 10.8. The van der Waals surface area contributed by atoms with Gasteiger partial charge in [-0.2, -0.15) is 0 Å². The van der Waals surface area contributed by atoms with Crippen molar-refractivity contribution in [1.82, 2.24) is 14.8 Å². The van der Waals surface area contributed by atoms with Crippen LogP contribution in [0.1, 0.15) is 22.5 Å². The largest absolute Gasteiger partial charge is 0.325 e. The standard InChI is InChI=1S/C25H24N4OS/c1-18-10-9-11-19(2)24(18)26-23(30)17-31-25-28-27-22(16-20-12-5-3-6-13-20)29(25)21-14-7-4-8-15-21/h3-15H,16-17H2,1-2H3,(H,26,30).